The Labute approximate surface area is 138 Å². The minimum Gasteiger partial charge on any atom is -0.459 e. The third kappa shape index (κ3) is 3.68. The van der Waals surface area contributed by atoms with E-state index in [0.29, 0.717) is 19.4 Å². The normalized spacial score (nSPS) is 19.2. The predicted octanol–water partition coefficient (Wildman–Crippen LogP) is 1.99. The molecule has 1 aromatic carbocycles. The molecule has 24 heavy (non-hydrogen) atoms. The lowest BCUT2D eigenvalue weighted by molar-refractivity contribution is 0.119. The van der Waals surface area contributed by atoms with Gasteiger partial charge in [0.05, 0.1) is 23.8 Å². The molecule has 0 saturated carbocycles. The van der Waals surface area contributed by atoms with E-state index in [1.807, 2.05) is 0 Å². The number of benzene rings is 1. The molecule has 1 unspecified atom stereocenters. The molecule has 1 aliphatic heterocycles. The molecule has 3 rings (SSSR count). The predicted molar refractivity (Wildman–Crippen MR) is 80.8 cm³/mol. The number of rotatable bonds is 4. The van der Waals surface area contributed by atoms with Crippen LogP contribution in [0.15, 0.2) is 41.6 Å². The highest BCUT2D eigenvalue weighted by Crippen LogP contribution is 2.22. The first kappa shape index (κ1) is 16.7. The van der Waals surface area contributed by atoms with Crippen LogP contribution in [0.25, 0.3) is 0 Å². The summed E-state index contributed by atoms with van der Waals surface area (Å²) in [6, 6.07) is 4.69. The van der Waals surface area contributed by atoms with Crippen LogP contribution >= 0.6 is 0 Å². The van der Waals surface area contributed by atoms with Gasteiger partial charge in [-0.1, -0.05) is 0 Å². The Balaban J connectivity index is 1.72. The summed E-state index contributed by atoms with van der Waals surface area (Å²) in [7, 11) is -3.72. The van der Waals surface area contributed by atoms with Crippen LogP contribution in [-0.2, 0) is 10.0 Å². The van der Waals surface area contributed by atoms with E-state index in [1.54, 1.807) is 0 Å². The SMILES string of the molecule is O=S(=O)(c1ccc(F)cc1)N1CCCC(Oc2ncc(F)cn2)C1. The first-order valence-electron chi connectivity index (χ1n) is 7.35. The maximum absolute atomic E-state index is 13.0. The molecule has 0 N–H and O–H groups in total. The van der Waals surface area contributed by atoms with Crippen molar-refractivity contribution in [2.75, 3.05) is 13.1 Å². The minimum absolute atomic E-state index is 0.00225. The smallest absolute Gasteiger partial charge is 0.316 e. The molecule has 1 saturated heterocycles. The average molecular weight is 355 g/mol. The van der Waals surface area contributed by atoms with E-state index in [4.69, 9.17) is 4.74 Å². The van der Waals surface area contributed by atoms with Gasteiger partial charge in [-0.3, -0.25) is 0 Å². The number of hydrogen-bond donors (Lipinski definition) is 0. The summed E-state index contributed by atoms with van der Waals surface area (Å²) in [6.45, 7) is 0.476. The topological polar surface area (TPSA) is 72.4 Å². The summed E-state index contributed by atoms with van der Waals surface area (Å²) in [5, 5.41) is 0. The minimum atomic E-state index is -3.72. The van der Waals surface area contributed by atoms with E-state index in [2.05, 4.69) is 9.97 Å². The van der Waals surface area contributed by atoms with Crippen molar-refractivity contribution in [2.45, 2.75) is 23.8 Å². The van der Waals surface area contributed by atoms with Gasteiger partial charge in [-0.25, -0.2) is 27.2 Å². The van der Waals surface area contributed by atoms with Crippen LogP contribution in [0.2, 0.25) is 0 Å². The van der Waals surface area contributed by atoms with E-state index >= 15 is 0 Å². The number of sulfonamides is 1. The van der Waals surface area contributed by atoms with Crippen molar-refractivity contribution in [2.24, 2.45) is 0 Å². The standard InChI is InChI=1S/C15H15F2N3O3S/c16-11-3-5-14(6-4-11)24(21,22)20-7-1-2-13(10-20)23-15-18-8-12(17)9-19-15/h3-6,8-9,13H,1-2,7,10H2. The first-order valence-corrected chi connectivity index (χ1v) is 8.79. The summed E-state index contributed by atoms with van der Waals surface area (Å²) in [5.74, 6) is -1.08. The lowest BCUT2D eigenvalue weighted by Crippen LogP contribution is -2.44. The molecule has 1 aromatic heterocycles. The summed E-state index contributed by atoms with van der Waals surface area (Å²) in [6.07, 6.45) is 2.78. The number of aromatic nitrogens is 2. The van der Waals surface area contributed by atoms with Crippen molar-refractivity contribution in [1.29, 1.82) is 0 Å². The van der Waals surface area contributed by atoms with Crippen molar-refractivity contribution in [1.82, 2.24) is 14.3 Å². The van der Waals surface area contributed by atoms with Gasteiger partial charge in [0, 0.05) is 6.54 Å². The van der Waals surface area contributed by atoms with Crippen molar-refractivity contribution in [3.05, 3.63) is 48.3 Å². The fraction of sp³-hybridized carbons (Fsp3) is 0.333. The summed E-state index contributed by atoms with van der Waals surface area (Å²) in [4.78, 5) is 7.45. The summed E-state index contributed by atoms with van der Waals surface area (Å²) in [5.41, 5.74) is 0. The Bertz CT molecular complexity index is 798. The zero-order valence-corrected chi connectivity index (χ0v) is 13.4. The maximum Gasteiger partial charge on any atom is 0.316 e. The quantitative estimate of drug-likeness (QED) is 0.839. The van der Waals surface area contributed by atoms with Gasteiger partial charge in [0.1, 0.15) is 11.9 Å². The second-order valence-electron chi connectivity index (χ2n) is 5.38. The monoisotopic (exact) mass is 355 g/mol. The van der Waals surface area contributed by atoms with Gasteiger partial charge in [-0.05, 0) is 37.1 Å². The zero-order valence-electron chi connectivity index (χ0n) is 12.6. The average Bonchev–Trinajstić information content (AvgIpc) is 2.58. The Hall–Kier alpha value is -2.13. The van der Waals surface area contributed by atoms with Crippen LogP contribution in [0.1, 0.15) is 12.8 Å². The van der Waals surface area contributed by atoms with Gasteiger partial charge in [-0.2, -0.15) is 4.31 Å². The van der Waals surface area contributed by atoms with Gasteiger partial charge < -0.3 is 4.74 Å². The molecular weight excluding hydrogens is 340 g/mol. The van der Waals surface area contributed by atoms with Crippen molar-refractivity contribution >= 4 is 10.0 Å². The highest BCUT2D eigenvalue weighted by molar-refractivity contribution is 7.89. The van der Waals surface area contributed by atoms with Crippen LogP contribution in [0.5, 0.6) is 6.01 Å². The van der Waals surface area contributed by atoms with Crippen LogP contribution in [0.4, 0.5) is 8.78 Å². The fourth-order valence-electron chi connectivity index (χ4n) is 2.49. The third-order valence-electron chi connectivity index (χ3n) is 3.66. The molecule has 2 heterocycles. The molecule has 0 radical (unpaired) electrons. The van der Waals surface area contributed by atoms with Gasteiger partial charge in [0.2, 0.25) is 10.0 Å². The largest absolute Gasteiger partial charge is 0.459 e. The van der Waals surface area contributed by atoms with Gasteiger partial charge in [-0.15, -0.1) is 0 Å². The Morgan fingerprint density at radius 1 is 1.08 bits per heavy atom. The van der Waals surface area contributed by atoms with E-state index in [-0.39, 0.29) is 17.5 Å². The van der Waals surface area contributed by atoms with E-state index in [1.165, 1.54) is 16.4 Å². The molecule has 1 atom stereocenters. The fourth-order valence-corrected chi connectivity index (χ4v) is 4.00. The summed E-state index contributed by atoms with van der Waals surface area (Å²) < 4.78 is 57.8. The number of ether oxygens (including phenoxy) is 1. The number of halogens is 2. The van der Waals surface area contributed by atoms with Crippen molar-refractivity contribution < 1.29 is 21.9 Å². The van der Waals surface area contributed by atoms with Gasteiger partial charge in [0.25, 0.3) is 0 Å². The van der Waals surface area contributed by atoms with Crippen LogP contribution in [0, 0.1) is 11.6 Å². The van der Waals surface area contributed by atoms with Gasteiger partial charge in [0.15, 0.2) is 5.82 Å². The molecule has 0 bridgehead atoms. The highest BCUT2D eigenvalue weighted by atomic mass is 32.2. The lowest BCUT2D eigenvalue weighted by atomic mass is 10.1. The molecule has 128 valence electrons. The summed E-state index contributed by atoms with van der Waals surface area (Å²) >= 11 is 0. The van der Waals surface area contributed by atoms with Crippen molar-refractivity contribution in [3.63, 3.8) is 0 Å². The van der Waals surface area contributed by atoms with Crippen LogP contribution < -0.4 is 4.74 Å². The van der Waals surface area contributed by atoms with E-state index in [0.717, 1.165) is 24.5 Å². The Morgan fingerprint density at radius 2 is 1.75 bits per heavy atom. The lowest BCUT2D eigenvalue weighted by Gasteiger charge is -2.31. The molecule has 9 heteroatoms. The highest BCUT2D eigenvalue weighted by Gasteiger charge is 2.31. The van der Waals surface area contributed by atoms with Crippen LogP contribution in [0.3, 0.4) is 0 Å². The number of piperidine rings is 1. The molecule has 0 amide bonds. The second-order valence-corrected chi connectivity index (χ2v) is 7.32. The maximum atomic E-state index is 13.0. The molecule has 2 aromatic rings. The van der Waals surface area contributed by atoms with Crippen LogP contribution in [-0.4, -0.2) is 41.9 Å². The molecule has 0 spiro atoms. The molecule has 1 fully saturated rings. The van der Waals surface area contributed by atoms with Crippen molar-refractivity contribution in [3.8, 4) is 6.01 Å². The third-order valence-corrected chi connectivity index (χ3v) is 5.54. The molecule has 0 aliphatic carbocycles. The van der Waals surface area contributed by atoms with E-state index < -0.39 is 27.8 Å². The Morgan fingerprint density at radius 3 is 2.42 bits per heavy atom. The number of hydrogen-bond acceptors (Lipinski definition) is 5. The van der Waals surface area contributed by atoms with E-state index in [9.17, 15) is 17.2 Å². The van der Waals surface area contributed by atoms with Gasteiger partial charge >= 0.3 is 6.01 Å². The molecule has 6 nitrogen and oxygen atoms in total. The first-order chi connectivity index (χ1) is 11.4. The second kappa shape index (κ2) is 6.78. The number of nitrogens with zero attached hydrogens (tertiary/aromatic N) is 3. The molecule has 1 aliphatic rings. The zero-order chi connectivity index (χ0) is 17.2. The Kier molecular flexibility index (Phi) is 4.72. The molecular formula is C15H15F2N3O3S.